The molecule has 0 aliphatic carbocycles. The molecular formula is C23H25F3N2O2. The van der Waals surface area contributed by atoms with Crippen LogP contribution in [0, 0.1) is 17.5 Å². The molecular weight excluding hydrogens is 393 g/mol. The van der Waals surface area contributed by atoms with Gasteiger partial charge in [0, 0.05) is 36.5 Å². The Kier molecular flexibility index (Phi) is 6.82. The van der Waals surface area contributed by atoms with Crippen LogP contribution in [0.2, 0.25) is 0 Å². The minimum Gasteiger partial charge on any atom is -0.372 e. The number of carbonyl (C=O) groups is 1. The van der Waals surface area contributed by atoms with Crippen molar-refractivity contribution in [3.63, 3.8) is 0 Å². The molecule has 1 fully saturated rings. The van der Waals surface area contributed by atoms with E-state index < -0.39 is 23.4 Å². The van der Waals surface area contributed by atoms with Crippen LogP contribution in [-0.2, 0) is 9.53 Å². The van der Waals surface area contributed by atoms with Gasteiger partial charge in [0.05, 0.1) is 18.2 Å². The van der Waals surface area contributed by atoms with Gasteiger partial charge in [-0.15, -0.1) is 0 Å². The second-order valence-electron chi connectivity index (χ2n) is 7.61. The first-order valence-electron chi connectivity index (χ1n) is 9.86. The zero-order chi connectivity index (χ0) is 21.8. The quantitative estimate of drug-likeness (QED) is 0.570. The Morgan fingerprint density at radius 1 is 1.17 bits per heavy atom. The lowest BCUT2D eigenvalue weighted by Crippen LogP contribution is -2.45. The van der Waals surface area contributed by atoms with Gasteiger partial charge in [0.1, 0.15) is 5.82 Å². The fourth-order valence-corrected chi connectivity index (χ4v) is 3.59. The predicted octanol–water partition coefficient (Wildman–Crippen LogP) is 4.61. The molecule has 0 unspecified atom stereocenters. The standard InChI is InChI=1S/C23H25F3N2O2/c1-14-12-28(13-15(2)30-14)20-6-4-5-17(10-20)16(3)27-22(29)8-7-18-9-19(24)11-21(25)23(18)26/h4-11,14-16H,12-13H2,1-3H3,(H,27,29)/t14-,15+,16-/m1/s1. The molecule has 1 aliphatic heterocycles. The lowest BCUT2D eigenvalue weighted by atomic mass is 10.1. The van der Waals surface area contributed by atoms with Crippen molar-refractivity contribution in [3.05, 3.63) is 71.1 Å². The first-order chi connectivity index (χ1) is 14.2. The highest BCUT2D eigenvalue weighted by atomic mass is 19.2. The molecule has 30 heavy (non-hydrogen) atoms. The summed E-state index contributed by atoms with van der Waals surface area (Å²) in [5.74, 6) is -3.90. The normalized spacial score (nSPS) is 20.4. The molecule has 0 saturated carbocycles. The topological polar surface area (TPSA) is 41.6 Å². The number of rotatable bonds is 5. The Hall–Kier alpha value is -2.80. The molecule has 0 radical (unpaired) electrons. The lowest BCUT2D eigenvalue weighted by molar-refractivity contribution is -0.117. The molecule has 1 heterocycles. The van der Waals surface area contributed by atoms with Gasteiger partial charge >= 0.3 is 0 Å². The zero-order valence-electron chi connectivity index (χ0n) is 17.2. The van der Waals surface area contributed by atoms with Crippen LogP contribution in [0.4, 0.5) is 18.9 Å². The summed E-state index contributed by atoms with van der Waals surface area (Å²) in [4.78, 5) is 14.5. The highest BCUT2D eigenvalue weighted by molar-refractivity contribution is 5.92. The first-order valence-corrected chi connectivity index (χ1v) is 9.86. The van der Waals surface area contributed by atoms with Gasteiger partial charge in [0.2, 0.25) is 5.91 Å². The Morgan fingerprint density at radius 3 is 2.57 bits per heavy atom. The Morgan fingerprint density at radius 2 is 1.87 bits per heavy atom. The molecule has 4 nitrogen and oxygen atoms in total. The smallest absolute Gasteiger partial charge is 0.244 e. The molecule has 0 bridgehead atoms. The van der Waals surface area contributed by atoms with Gasteiger partial charge in [0.15, 0.2) is 11.6 Å². The second kappa shape index (κ2) is 9.34. The van der Waals surface area contributed by atoms with E-state index in [0.29, 0.717) is 6.07 Å². The summed E-state index contributed by atoms with van der Waals surface area (Å²) >= 11 is 0. The van der Waals surface area contributed by atoms with Crippen LogP contribution in [0.3, 0.4) is 0 Å². The number of ether oxygens (including phenoxy) is 1. The molecule has 2 aromatic carbocycles. The van der Waals surface area contributed by atoms with Crippen LogP contribution in [0.15, 0.2) is 42.5 Å². The van der Waals surface area contributed by atoms with E-state index in [2.05, 4.69) is 10.2 Å². The Labute approximate surface area is 174 Å². The maximum Gasteiger partial charge on any atom is 0.244 e. The van der Waals surface area contributed by atoms with E-state index in [1.165, 1.54) is 0 Å². The molecule has 0 aromatic heterocycles. The van der Waals surface area contributed by atoms with Gasteiger partial charge < -0.3 is 15.0 Å². The average Bonchev–Trinajstić information content (AvgIpc) is 2.69. The third-order valence-electron chi connectivity index (χ3n) is 4.95. The SMILES string of the molecule is C[C@@H]1CN(c2cccc([C@@H](C)NC(=O)C=Cc3cc(F)cc(F)c3F)c2)C[C@H](C)O1. The number of hydrogen-bond donors (Lipinski definition) is 1. The van der Waals surface area contributed by atoms with Crippen LogP contribution >= 0.6 is 0 Å². The van der Waals surface area contributed by atoms with Crippen LogP contribution in [0.25, 0.3) is 6.08 Å². The van der Waals surface area contributed by atoms with Gasteiger partial charge in [-0.05, 0) is 50.6 Å². The van der Waals surface area contributed by atoms with Crippen LogP contribution in [0.5, 0.6) is 0 Å². The van der Waals surface area contributed by atoms with Crippen molar-refractivity contribution in [2.45, 2.75) is 39.0 Å². The highest BCUT2D eigenvalue weighted by Crippen LogP contribution is 2.24. The van der Waals surface area contributed by atoms with Crippen molar-refractivity contribution in [3.8, 4) is 0 Å². The monoisotopic (exact) mass is 418 g/mol. The van der Waals surface area contributed by atoms with Gasteiger partial charge in [-0.25, -0.2) is 13.2 Å². The largest absolute Gasteiger partial charge is 0.372 e. The third-order valence-corrected chi connectivity index (χ3v) is 4.95. The van der Waals surface area contributed by atoms with Crippen molar-refractivity contribution in [1.29, 1.82) is 0 Å². The summed E-state index contributed by atoms with van der Waals surface area (Å²) in [6, 6.07) is 8.85. The molecule has 1 N–H and O–H groups in total. The number of anilines is 1. The summed E-state index contributed by atoms with van der Waals surface area (Å²) in [5, 5.41) is 2.78. The van der Waals surface area contributed by atoms with Crippen molar-refractivity contribution in [2.75, 3.05) is 18.0 Å². The van der Waals surface area contributed by atoms with Crippen molar-refractivity contribution in [2.24, 2.45) is 0 Å². The number of nitrogens with zero attached hydrogens (tertiary/aromatic N) is 1. The van der Waals surface area contributed by atoms with Crippen molar-refractivity contribution < 1.29 is 22.7 Å². The fourth-order valence-electron chi connectivity index (χ4n) is 3.59. The molecule has 0 spiro atoms. The number of morpholine rings is 1. The average molecular weight is 418 g/mol. The number of halogens is 3. The lowest BCUT2D eigenvalue weighted by Gasteiger charge is -2.37. The van der Waals surface area contributed by atoms with Crippen LogP contribution in [0.1, 0.15) is 37.9 Å². The first kappa shape index (κ1) is 21.9. The Balaban J connectivity index is 1.67. The zero-order valence-corrected chi connectivity index (χ0v) is 17.2. The molecule has 1 amide bonds. The summed E-state index contributed by atoms with van der Waals surface area (Å²) in [6.45, 7) is 7.47. The second-order valence-corrected chi connectivity index (χ2v) is 7.61. The Bertz CT molecular complexity index is 938. The highest BCUT2D eigenvalue weighted by Gasteiger charge is 2.22. The van der Waals surface area contributed by atoms with Crippen molar-refractivity contribution in [1.82, 2.24) is 5.32 Å². The number of amides is 1. The van der Waals surface area contributed by atoms with Crippen molar-refractivity contribution >= 4 is 17.7 Å². The summed E-state index contributed by atoms with van der Waals surface area (Å²) in [6.07, 6.45) is 2.37. The molecule has 1 aliphatic rings. The van der Waals surface area contributed by atoms with E-state index in [1.807, 2.05) is 45.0 Å². The maximum absolute atomic E-state index is 13.7. The molecule has 7 heteroatoms. The maximum atomic E-state index is 13.7. The molecule has 2 aromatic rings. The number of benzene rings is 2. The number of nitrogens with one attached hydrogen (secondary N) is 1. The molecule has 3 rings (SSSR count). The summed E-state index contributed by atoms with van der Waals surface area (Å²) in [5.41, 5.74) is 1.63. The summed E-state index contributed by atoms with van der Waals surface area (Å²) in [7, 11) is 0. The van der Waals surface area contributed by atoms with Gasteiger partial charge in [-0.2, -0.15) is 0 Å². The molecule has 160 valence electrons. The van der Waals surface area contributed by atoms with Crippen LogP contribution < -0.4 is 10.2 Å². The van der Waals surface area contributed by atoms with E-state index in [0.717, 1.165) is 42.6 Å². The van der Waals surface area contributed by atoms with Gasteiger partial charge in [-0.1, -0.05) is 12.1 Å². The van der Waals surface area contributed by atoms with E-state index in [-0.39, 0.29) is 23.8 Å². The van der Waals surface area contributed by atoms with Gasteiger partial charge in [0.25, 0.3) is 0 Å². The van der Waals surface area contributed by atoms with E-state index in [1.54, 1.807) is 0 Å². The van der Waals surface area contributed by atoms with E-state index in [9.17, 15) is 18.0 Å². The minimum absolute atomic E-state index is 0.132. The molecule has 1 saturated heterocycles. The predicted molar refractivity (Wildman–Crippen MR) is 111 cm³/mol. The van der Waals surface area contributed by atoms with E-state index in [4.69, 9.17) is 4.74 Å². The molecule has 3 atom stereocenters. The summed E-state index contributed by atoms with van der Waals surface area (Å²) < 4.78 is 46.0. The minimum atomic E-state index is -1.30. The number of hydrogen-bond acceptors (Lipinski definition) is 3. The fraction of sp³-hybridized carbons (Fsp3) is 0.348. The van der Waals surface area contributed by atoms with Crippen LogP contribution in [-0.4, -0.2) is 31.2 Å². The van der Waals surface area contributed by atoms with Gasteiger partial charge in [-0.3, -0.25) is 4.79 Å². The third kappa shape index (κ3) is 5.42. The van der Waals surface area contributed by atoms with E-state index >= 15 is 0 Å². The number of carbonyl (C=O) groups excluding carboxylic acids is 1.